The van der Waals surface area contributed by atoms with Gasteiger partial charge in [-0.15, -0.1) is 0 Å². The van der Waals surface area contributed by atoms with Gasteiger partial charge in [0.05, 0.1) is 5.56 Å². The van der Waals surface area contributed by atoms with E-state index in [0.717, 1.165) is 9.87 Å². The lowest BCUT2D eigenvalue weighted by Crippen LogP contribution is -2.33. The molecule has 164 valence electrons. The third-order valence-corrected chi connectivity index (χ3v) is 6.54. The van der Waals surface area contributed by atoms with Crippen LogP contribution in [0.3, 0.4) is 0 Å². The number of rotatable bonds is 9. The highest BCUT2D eigenvalue weighted by molar-refractivity contribution is 7.89. The van der Waals surface area contributed by atoms with Gasteiger partial charge in [0.25, 0.3) is 0 Å². The molecule has 3 rings (SSSR count). The second-order valence-electron chi connectivity index (χ2n) is 6.92. The summed E-state index contributed by atoms with van der Waals surface area (Å²) in [6.07, 6.45) is 2.60. The summed E-state index contributed by atoms with van der Waals surface area (Å²) in [6, 6.07) is 12.7. The topological polar surface area (TPSA) is 112 Å². The van der Waals surface area contributed by atoms with E-state index >= 15 is 0 Å². The first-order valence-corrected chi connectivity index (χ1v) is 11.2. The van der Waals surface area contributed by atoms with Gasteiger partial charge in [-0.05, 0) is 24.6 Å². The van der Waals surface area contributed by atoms with Crippen LogP contribution in [0.1, 0.15) is 24.3 Å². The first-order valence-electron chi connectivity index (χ1n) is 9.76. The van der Waals surface area contributed by atoms with Crippen molar-refractivity contribution in [1.29, 1.82) is 0 Å². The number of nitrogens with zero attached hydrogens (tertiary/aromatic N) is 5. The van der Waals surface area contributed by atoms with E-state index in [0.29, 0.717) is 24.7 Å². The minimum absolute atomic E-state index is 0.0161. The fraction of sp³-hybridized carbons (Fsp3) is 0.286. The standard InChI is InChI=1S/C21H26N6O3S/c1-4-23-19-18(21(28)27(3)31(29,30)17-11-8-12-22-13-17)20(25-15-24-19)26(2)14-16-9-6-5-7-10-16/h5-13,15,21,28H,4,14H2,1-3H3,(H,23,24,25)/t21-/m0/s1. The Labute approximate surface area is 182 Å². The highest BCUT2D eigenvalue weighted by atomic mass is 32.2. The van der Waals surface area contributed by atoms with Crippen molar-refractivity contribution in [1.82, 2.24) is 19.3 Å². The molecule has 2 aromatic heterocycles. The Morgan fingerprint density at radius 2 is 1.84 bits per heavy atom. The number of hydrogen-bond acceptors (Lipinski definition) is 8. The van der Waals surface area contributed by atoms with Crippen LogP contribution in [0, 0.1) is 0 Å². The molecule has 2 heterocycles. The smallest absolute Gasteiger partial charge is 0.246 e. The largest absolute Gasteiger partial charge is 0.373 e. The molecule has 31 heavy (non-hydrogen) atoms. The average Bonchev–Trinajstić information content (AvgIpc) is 2.79. The molecular weight excluding hydrogens is 416 g/mol. The minimum Gasteiger partial charge on any atom is -0.373 e. The Morgan fingerprint density at radius 3 is 2.48 bits per heavy atom. The maximum absolute atomic E-state index is 13.0. The van der Waals surface area contributed by atoms with Crippen molar-refractivity contribution in [3.8, 4) is 0 Å². The van der Waals surface area contributed by atoms with Crippen molar-refractivity contribution in [3.63, 3.8) is 0 Å². The number of aliphatic hydroxyl groups excluding tert-OH is 1. The summed E-state index contributed by atoms with van der Waals surface area (Å²) in [5.41, 5.74) is 1.32. The van der Waals surface area contributed by atoms with Gasteiger partial charge in [0, 0.05) is 39.6 Å². The summed E-state index contributed by atoms with van der Waals surface area (Å²) in [7, 11) is -0.854. The Bertz CT molecular complexity index is 1100. The van der Waals surface area contributed by atoms with E-state index in [9.17, 15) is 13.5 Å². The lowest BCUT2D eigenvalue weighted by molar-refractivity contribution is 0.0786. The molecular formula is C21H26N6O3S. The molecule has 0 fully saturated rings. The number of aliphatic hydroxyl groups is 1. The van der Waals surface area contributed by atoms with Crippen molar-refractivity contribution >= 4 is 21.7 Å². The maximum atomic E-state index is 13.0. The monoisotopic (exact) mass is 442 g/mol. The van der Waals surface area contributed by atoms with Crippen LogP contribution in [0.5, 0.6) is 0 Å². The van der Waals surface area contributed by atoms with Crippen molar-refractivity contribution in [2.24, 2.45) is 0 Å². The second kappa shape index (κ2) is 9.82. The third kappa shape index (κ3) is 4.98. The van der Waals surface area contributed by atoms with E-state index in [-0.39, 0.29) is 10.5 Å². The van der Waals surface area contributed by atoms with E-state index in [2.05, 4.69) is 20.3 Å². The predicted octanol–water partition coefficient (Wildman–Crippen LogP) is 2.25. The van der Waals surface area contributed by atoms with Crippen molar-refractivity contribution in [2.45, 2.75) is 24.6 Å². The lowest BCUT2D eigenvalue weighted by atomic mass is 10.2. The molecule has 0 spiro atoms. The zero-order valence-electron chi connectivity index (χ0n) is 17.7. The number of anilines is 2. The Hall–Kier alpha value is -3.08. The molecule has 0 bridgehead atoms. The predicted molar refractivity (Wildman–Crippen MR) is 119 cm³/mol. The number of nitrogens with one attached hydrogen (secondary N) is 1. The Morgan fingerprint density at radius 1 is 1.10 bits per heavy atom. The third-order valence-electron chi connectivity index (χ3n) is 4.75. The fourth-order valence-electron chi connectivity index (χ4n) is 3.15. The molecule has 1 aromatic carbocycles. The summed E-state index contributed by atoms with van der Waals surface area (Å²) in [6.45, 7) is 2.95. The molecule has 0 radical (unpaired) electrons. The SMILES string of the molecule is CCNc1ncnc(N(C)Cc2ccccc2)c1[C@H](O)N(C)S(=O)(=O)c1cccnc1. The zero-order valence-corrected chi connectivity index (χ0v) is 18.5. The maximum Gasteiger partial charge on any atom is 0.246 e. The molecule has 1 atom stereocenters. The molecule has 0 aliphatic carbocycles. The van der Waals surface area contributed by atoms with E-state index in [1.807, 2.05) is 49.2 Å². The van der Waals surface area contributed by atoms with E-state index in [4.69, 9.17) is 0 Å². The van der Waals surface area contributed by atoms with Crippen LogP contribution < -0.4 is 10.2 Å². The van der Waals surface area contributed by atoms with Gasteiger partial charge in [0.15, 0.2) is 6.23 Å². The second-order valence-corrected chi connectivity index (χ2v) is 8.91. The highest BCUT2D eigenvalue weighted by Crippen LogP contribution is 2.34. The Kier molecular flexibility index (Phi) is 7.16. The number of aromatic nitrogens is 3. The normalized spacial score (nSPS) is 12.5. The summed E-state index contributed by atoms with van der Waals surface area (Å²) < 4.78 is 27.0. The summed E-state index contributed by atoms with van der Waals surface area (Å²) in [4.78, 5) is 14.3. The highest BCUT2D eigenvalue weighted by Gasteiger charge is 2.32. The first kappa shape index (κ1) is 22.6. The van der Waals surface area contributed by atoms with E-state index in [1.165, 1.54) is 37.9 Å². The van der Waals surface area contributed by atoms with Crippen LogP contribution in [0.4, 0.5) is 11.6 Å². The molecule has 10 heteroatoms. The number of pyridine rings is 1. The van der Waals surface area contributed by atoms with Gasteiger partial charge in [-0.2, -0.15) is 4.31 Å². The first-order chi connectivity index (χ1) is 14.9. The molecule has 0 amide bonds. The molecule has 0 unspecified atom stereocenters. The molecule has 0 saturated heterocycles. The van der Waals surface area contributed by atoms with Gasteiger partial charge in [0.2, 0.25) is 10.0 Å². The van der Waals surface area contributed by atoms with E-state index in [1.54, 1.807) is 0 Å². The Balaban J connectivity index is 2.01. The number of benzene rings is 1. The van der Waals surface area contributed by atoms with Crippen LogP contribution in [0.15, 0.2) is 66.1 Å². The van der Waals surface area contributed by atoms with Gasteiger partial charge in [-0.3, -0.25) is 4.98 Å². The zero-order chi connectivity index (χ0) is 22.4. The number of hydrogen-bond donors (Lipinski definition) is 2. The van der Waals surface area contributed by atoms with Crippen LogP contribution in [-0.2, 0) is 16.6 Å². The quantitative estimate of drug-likeness (QED) is 0.486. The molecule has 3 aromatic rings. The molecule has 0 saturated carbocycles. The summed E-state index contributed by atoms with van der Waals surface area (Å²) in [5.74, 6) is 0.795. The minimum atomic E-state index is -4.00. The lowest BCUT2D eigenvalue weighted by Gasteiger charge is -2.29. The fourth-order valence-corrected chi connectivity index (χ4v) is 4.29. The number of sulfonamides is 1. The van der Waals surface area contributed by atoms with Gasteiger partial charge in [-0.1, -0.05) is 30.3 Å². The molecule has 2 N–H and O–H groups in total. The van der Waals surface area contributed by atoms with Crippen molar-refractivity contribution in [2.75, 3.05) is 30.9 Å². The van der Waals surface area contributed by atoms with Gasteiger partial charge < -0.3 is 15.3 Å². The van der Waals surface area contributed by atoms with Crippen molar-refractivity contribution < 1.29 is 13.5 Å². The van der Waals surface area contributed by atoms with E-state index < -0.39 is 16.3 Å². The molecule has 9 nitrogen and oxygen atoms in total. The summed E-state index contributed by atoms with van der Waals surface area (Å²) >= 11 is 0. The van der Waals surface area contributed by atoms with Gasteiger partial charge in [-0.25, -0.2) is 18.4 Å². The van der Waals surface area contributed by atoms with Crippen LogP contribution in [0.25, 0.3) is 0 Å². The average molecular weight is 443 g/mol. The van der Waals surface area contributed by atoms with Crippen LogP contribution in [-0.4, -0.2) is 53.4 Å². The summed E-state index contributed by atoms with van der Waals surface area (Å²) in [5, 5.41) is 14.3. The van der Waals surface area contributed by atoms with Crippen LogP contribution >= 0.6 is 0 Å². The molecule has 0 aliphatic heterocycles. The molecule has 0 aliphatic rings. The van der Waals surface area contributed by atoms with Gasteiger partial charge >= 0.3 is 0 Å². The van der Waals surface area contributed by atoms with Gasteiger partial charge in [0.1, 0.15) is 22.9 Å². The van der Waals surface area contributed by atoms with Crippen LogP contribution in [0.2, 0.25) is 0 Å². The van der Waals surface area contributed by atoms with Crippen molar-refractivity contribution in [3.05, 3.63) is 72.3 Å².